The van der Waals surface area contributed by atoms with Gasteiger partial charge in [0.25, 0.3) is 0 Å². The normalized spacial score (nSPS) is 15.3. The average molecular weight is 317 g/mol. The fourth-order valence-electron chi connectivity index (χ4n) is 2.21. The minimum Gasteiger partial charge on any atom is -0.496 e. The number of methoxy groups -OCH3 is 1. The fourth-order valence-corrected chi connectivity index (χ4v) is 2.21. The lowest BCUT2D eigenvalue weighted by molar-refractivity contribution is -0.274. The number of guanidine groups is 1. The summed E-state index contributed by atoms with van der Waals surface area (Å²) in [6, 6.07) is 4.31. The van der Waals surface area contributed by atoms with E-state index in [1.807, 2.05) is 11.9 Å². The number of ether oxygens (including phenoxy) is 2. The molecule has 1 N–H and O–H groups in total. The van der Waals surface area contributed by atoms with Crippen molar-refractivity contribution in [2.45, 2.75) is 19.3 Å². The molecule has 0 saturated heterocycles. The predicted octanol–water partition coefficient (Wildman–Crippen LogP) is 2.37. The quantitative estimate of drug-likeness (QED) is 0.926. The molecule has 0 atom stereocenters. The van der Waals surface area contributed by atoms with Gasteiger partial charge in [0, 0.05) is 20.1 Å². The summed E-state index contributed by atoms with van der Waals surface area (Å²) in [4.78, 5) is 6.23. The Morgan fingerprint density at radius 2 is 2.05 bits per heavy atom. The summed E-state index contributed by atoms with van der Waals surface area (Å²) in [6.45, 7) is 1.67. The van der Waals surface area contributed by atoms with Gasteiger partial charge in [-0.05, 0) is 18.6 Å². The first-order valence-corrected chi connectivity index (χ1v) is 6.82. The smallest absolute Gasteiger partial charge is 0.496 e. The lowest BCUT2D eigenvalue weighted by atomic mass is 10.1. The van der Waals surface area contributed by atoms with Crippen molar-refractivity contribution in [3.05, 3.63) is 23.8 Å². The van der Waals surface area contributed by atoms with Gasteiger partial charge in [-0.3, -0.25) is 4.99 Å². The Morgan fingerprint density at radius 1 is 1.32 bits per heavy atom. The minimum absolute atomic E-state index is 0.124. The largest absolute Gasteiger partial charge is 0.573 e. The highest BCUT2D eigenvalue weighted by Gasteiger charge is 2.32. The number of rotatable bonds is 4. The number of benzene rings is 1. The third-order valence-corrected chi connectivity index (χ3v) is 3.23. The monoisotopic (exact) mass is 317 g/mol. The van der Waals surface area contributed by atoms with E-state index in [1.54, 1.807) is 6.07 Å². The first kappa shape index (κ1) is 16.3. The number of nitrogens with zero attached hydrogens (tertiary/aromatic N) is 2. The van der Waals surface area contributed by atoms with E-state index in [-0.39, 0.29) is 12.3 Å². The van der Waals surface area contributed by atoms with Gasteiger partial charge < -0.3 is 19.7 Å². The van der Waals surface area contributed by atoms with Gasteiger partial charge >= 0.3 is 6.36 Å². The third-order valence-electron chi connectivity index (χ3n) is 3.23. The molecule has 1 heterocycles. The van der Waals surface area contributed by atoms with Crippen molar-refractivity contribution in [3.63, 3.8) is 0 Å². The van der Waals surface area contributed by atoms with Crippen LogP contribution in [0.15, 0.2) is 23.2 Å². The Kier molecular flexibility index (Phi) is 4.99. The van der Waals surface area contributed by atoms with Gasteiger partial charge in [-0.1, -0.05) is 6.07 Å². The molecule has 0 amide bonds. The zero-order valence-corrected chi connectivity index (χ0v) is 12.4. The summed E-state index contributed by atoms with van der Waals surface area (Å²) in [5.41, 5.74) is 0.295. The summed E-state index contributed by atoms with van der Waals surface area (Å²) < 4.78 is 46.7. The molecule has 0 spiro atoms. The molecule has 0 aromatic heterocycles. The Morgan fingerprint density at radius 3 is 2.68 bits per heavy atom. The van der Waals surface area contributed by atoms with Crippen molar-refractivity contribution in [2.75, 3.05) is 27.2 Å². The molecule has 1 aliphatic heterocycles. The van der Waals surface area contributed by atoms with Gasteiger partial charge in [0.05, 0.1) is 19.2 Å². The van der Waals surface area contributed by atoms with Gasteiger partial charge in [0.1, 0.15) is 11.5 Å². The van der Waals surface area contributed by atoms with E-state index in [1.165, 1.54) is 19.2 Å². The van der Waals surface area contributed by atoms with Gasteiger partial charge in [-0.15, -0.1) is 13.2 Å². The standard InChI is InChI=1S/C14H18F3N3O2/c1-20-8-4-7-18-13(20)19-9-10-11(21-2)5-3-6-12(10)22-14(15,16)17/h3,5-6H,4,7-9H2,1-2H3,(H,18,19). The molecule has 0 fully saturated rings. The SMILES string of the molecule is COc1cccc(OC(F)(F)F)c1CNC1=NCCCN1C. The first-order chi connectivity index (χ1) is 10.4. The fraction of sp³-hybridized carbons (Fsp3) is 0.500. The van der Waals surface area contributed by atoms with Crippen LogP contribution in [0, 0.1) is 0 Å². The molecule has 0 unspecified atom stereocenters. The maximum atomic E-state index is 12.5. The molecule has 5 nitrogen and oxygen atoms in total. The van der Waals surface area contributed by atoms with E-state index < -0.39 is 6.36 Å². The van der Waals surface area contributed by atoms with Gasteiger partial charge in [0.15, 0.2) is 5.96 Å². The van der Waals surface area contributed by atoms with Crippen molar-refractivity contribution < 1.29 is 22.6 Å². The molecule has 0 saturated carbocycles. The molecule has 1 aromatic rings. The number of aliphatic imine (C=N–C) groups is 1. The van der Waals surface area contributed by atoms with Gasteiger partial charge in [-0.2, -0.15) is 0 Å². The number of hydrogen-bond acceptors (Lipinski definition) is 5. The molecular weight excluding hydrogens is 299 g/mol. The Labute approximate surface area is 126 Å². The van der Waals surface area contributed by atoms with Crippen LogP contribution in [-0.2, 0) is 6.54 Å². The molecule has 0 bridgehead atoms. The maximum Gasteiger partial charge on any atom is 0.573 e. The van der Waals surface area contributed by atoms with E-state index in [0.29, 0.717) is 23.8 Å². The van der Waals surface area contributed by atoms with E-state index in [9.17, 15) is 13.2 Å². The Balaban J connectivity index is 2.19. The highest BCUT2D eigenvalue weighted by Crippen LogP contribution is 2.32. The lowest BCUT2D eigenvalue weighted by Gasteiger charge is -2.26. The van der Waals surface area contributed by atoms with Gasteiger partial charge in [0.2, 0.25) is 0 Å². The molecule has 22 heavy (non-hydrogen) atoms. The number of hydrogen-bond donors (Lipinski definition) is 1. The van der Waals surface area contributed by atoms with E-state index in [4.69, 9.17) is 4.74 Å². The lowest BCUT2D eigenvalue weighted by Crippen LogP contribution is -2.41. The maximum absolute atomic E-state index is 12.5. The summed E-state index contributed by atoms with van der Waals surface area (Å²) in [7, 11) is 3.28. The van der Waals surface area contributed by atoms with Crippen molar-refractivity contribution in [3.8, 4) is 11.5 Å². The van der Waals surface area contributed by atoms with Crippen LogP contribution in [0.25, 0.3) is 0 Å². The second-order valence-electron chi connectivity index (χ2n) is 4.82. The molecule has 0 aliphatic carbocycles. The highest BCUT2D eigenvalue weighted by atomic mass is 19.4. The topological polar surface area (TPSA) is 46.1 Å². The van der Waals surface area contributed by atoms with E-state index in [2.05, 4.69) is 15.0 Å². The third kappa shape index (κ3) is 4.19. The van der Waals surface area contributed by atoms with Crippen molar-refractivity contribution in [1.29, 1.82) is 0 Å². The van der Waals surface area contributed by atoms with Crippen LogP contribution in [0.4, 0.5) is 13.2 Å². The molecule has 8 heteroatoms. The number of halogens is 3. The van der Waals surface area contributed by atoms with Crippen LogP contribution in [0.2, 0.25) is 0 Å². The molecule has 0 radical (unpaired) electrons. The summed E-state index contributed by atoms with van der Waals surface area (Å²) in [5, 5.41) is 3.04. The number of nitrogens with one attached hydrogen (secondary N) is 1. The molecular formula is C14H18F3N3O2. The van der Waals surface area contributed by atoms with Crippen LogP contribution in [0.3, 0.4) is 0 Å². The Hall–Kier alpha value is -2.12. The number of alkyl halides is 3. The van der Waals surface area contributed by atoms with Gasteiger partial charge in [-0.25, -0.2) is 0 Å². The average Bonchev–Trinajstić information content (AvgIpc) is 2.45. The van der Waals surface area contributed by atoms with E-state index >= 15 is 0 Å². The van der Waals surface area contributed by atoms with E-state index in [0.717, 1.165) is 13.0 Å². The minimum atomic E-state index is -4.75. The zero-order chi connectivity index (χ0) is 16.2. The predicted molar refractivity (Wildman–Crippen MR) is 76.1 cm³/mol. The second kappa shape index (κ2) is 6.76. The summed E-state index contributed by atoms with van der Waals surface area (Å²) in [5.74, 6) is 0.696. The van der Waals surface area contributed by atoms with Crippen LogP contribution in [-0.4, -0.2) is 44.5 Å². The highest BCUT2D eigenvalue weighted by molar-refractivity contribution is 5.80. The van der Waals surface area contributed by atoms with Crippen molar-refractivity contribution in [2.24, 2.45) is 4.99 Å². The van der Waals surface area contributed by atoms with Crippen molar-refractivity contribution in [1.82, 2.24) is 10.2 Å². The molecule has 122 valence electrons. The van der Waals surface area contributed by atoms with Crippen LogP contribution < -0.4 is 14.8 Å². The molecule has 2 rings (SSSR count). The zero-order valence-electron chi connectivity index (χ0n) is 12.4. The van der Waals surface area contributed by atoms with Crippen molar-refractivity contribution >= 4 is 5.96 Å². The van der Waals surface area contributed by atoms with Crippen LogP contribution in [0.1, 0.15) is 12.0 Å². The summed E-state index contributed by atoms with van der Waals surface area (Å²) >= 11 is 0. The first-order valence-electron chi connectivity index (χ1n) is 6.82. The van der Waals surface area contributed by atoms with Crippen LogP contribution >= 0.6 is 0 Å². The van der Waals surface area contributed by atoms with Crippen LogP contribution in [0.5, 0.6) is 11.5 Å². The molecule has 1 aromatic carbocycles. The Bertz CT molecular complexity index is 547. The second-order valence-corrected chi connectivity index (χ2v) is 4.82. The summed E-state index contributed by atoms with van der Waals surface area (Å²) in [6.07, 6.45) is -3.79. The molecule has 1 aliphatic rings.